The van der Waals surface area contributed by atoms with Crippen LogP contribution in [-0.2, 0) is 0 Å². The van der Waals surface area contributed by atoms with Crippen molar-refractivity contribution < 1.29 is 9.50 Å². The molecule has 2 saturated carbocycles. The van der Waals surface area contributed by atoms with E-state index in [2.05, 4.69) is 10.7 Å². The quantitative estimate of drug-likeness (QED) is 0.120. The highest BCUT2D eigenvalue weighted by Crippen LogP contribution is 2.60. The maximum atomic E-state index is 14.2. The number of hydrogen-bond acceptors (Lipinski definition) is 6. The van der Waals surface area contributed by atoms with E-state index in [1.165, 1.54) is 6.07 Å². The molecule has 6 nitrogen and oxygen atoms in total. The average Bonchev–Trinajstić information content (AvgIpc) is 3.35. The second kappa shape index (κ2) is 10.6. The molecule has 10 heteroatoms. The van der Waals surface area contributed by atoms with Crippen LogP contribution in [0.5, 0.6) is 0 Å². The van der Waals surface area contributed by atoms with Crippen molar-refractivity contribution in [1.29, 1.82) is 5.41 Å². The smallest absolute Gasteiger partial charge is 0.142 e. The summed E-state index contributed by atoms with van der Waals surface area (Å²) in [5, 5.41) is 22.8. The fourth-order valence-electron chi connectivity index (χ4n) is 5.12. The number of nitrogens with one attached hydrogen (secondary N) is 3. The average molecular weight is 539 g/mol. The highest BCUT2D eigenvalue weighted by Gasteiger charge is 2.66. The van der Waals surface area contributed by atoms with Gasteiger partial charge in [-0.2, -0.15) is 0 Å². The van der Waals surface area contributed by atoms with Crippen molar-refractivity contribution in [2.45, 2.75) is 49.0 Å². The molecule has 0 bridgehead atoms. The van der Waals surface area contributed by atoms with Gasteiger partial charge in [-0.1, -0.05) is 29.3 Å². The lowest BCUT2D eigenvalue weighted by molar-refractivity contribution is 0.201. The first-order chi connectivity index (χ1) is 16.6. The summed E-state index contributed by atoms with van der Waals surface area (Å²) in [5.41, 5.74) is 11.0. The molecule has 188 valence electrons. The van der Waals surface area contributed by atoms with Gasteiger partial charge in [0.15, 0.2) is 0 Å². The van der Waals surface area contributed by atoms with Crippen LogP contribution in [0.4, 0.5) is 4.39 Å². The summed E-state index contributed by atoms with van der Waals surface area (Å²) in [7, 11) is 0. The van der Waals surface area contributed by atoms with Gasteiger partial charge in [-0.3, -0.25) is 11.3 Å². The fraction of sp³-hybridized carbons (Fsp3) is 0.400. The molecule has 6 atom stereocenters. The van der Waals surface area contributed by atoms with Gasteiger partial charge in [0.25, 0.3) is 0 Å². The predicted molar refractivity (Wildman–Crippen MR) is 142 cm³/mol. The Morgan fingerprint density at radius 1 is 1.20 bits per heavy atom. The minimum atomic E-state index is -0.520. The SMILES string of the molecule is Cc1ccc(SC2C(CCC(=N)N)C(N/C=C(\NN)c3cc(C)c(Cl)c(F)c3)C3C(O)C23)cc1Cl. The number of thioether (sulfide) groups is 1. The second-order valence-corrected chi connectivity index (χ2v) is 11.4. The van der Waals surface area contributed by atoms with Gasteiger partial charge in [0.2, 0.25) is 0 Å². The van der Waals surface area contributed by atoms with Crippen LogP contribution >= 0.6 is 35.0 Å². The lowest BCUT2D eigenvalue weighted by atomic mass is 9.92. The van der Waals surface area contributed by atoms with E-state index in [1.54, 1.807) is 31.0 Å². The van der Waals surface area contributed by atoms with Gasteiger partial charge >= 0.3 is 0 Å². The van der Waals surface area contributed by atoms with Gasteiger partial charge in [-0.05, 0) is 61.6 Å². The van der Waals surface area contributed by atoms with Gasteiger partial charge in [-0.15, -0.1) is 11.8 Å². The molecule has 6 unspecified atom stereocenters. The minimum absolute atomic E-state index is 0.0596. The first-order valence-electron chi connectivity index (χ1n) is 11.4. The van der Waals surface area contributed by atoms with E-state index in [0.717, 1.165) is 10.5 Å². The molecule has 2 aliphatic carbocycles. The molecule has 35 heavy (non-hydrogen) atoms. The monoisotopic (exact) mass is 537 g/mol. The maximum Gasteiger partial charge on any atom is 0.142 e. The molecule has 0 aliphatic heterocycles. The molecule has 8 N–H and O–H groups in total. The van der Waals surface area contributed by atoms with Gasteiger partial charge in [-0.25, -0.2) is 4.39 Å². The van der Waals surface area contributed by atoms with E-state index >= 15 is 0 Å². The molecule has 0 amide bonds. The van der Waals surface area contributed by atoms with Crippen LogP contribution in [0.1, 0.15) is 29.5 Å². The molecule has 2 fully saturated rings. The summed E-state index contributed by atoms with van der Waals surface area (Å²) in [6.45, 7) is 3.70. The van der Waals surface area contributed by atoms with Crippen molar-refractivity contribution in [2.75, 3.05) is 0 Å². The number of aliphatic hydroxyl groups is 1. The Kier molecular flexibility index (Phi) is 7.88. The second-order valence-electron chi connectivity index (χ2n) is 9.35. The zero-order valence-electron chi connectivity index (χ0n) is 19.5. The molecule has 4 rings (SSSR count). The van der Waals surface area contributed by atoms with E-state index in [-0.39, 0.29) is 39.9 Å². The number of aliphatic hydroxyl groups excluding tert-OH is 1. The molecule has 0 heterocycles. The lowest BCUT2D eigenvalue weighted by Crippen LogP contribution is -2.39. The van der Waals surface area contributed by atoms with E-state index in [1.807, 2.05) is 25.1 Å². The number of hydrazine groups is 1. The molecule has 0 spiro atoms. The Morgan fingerprint density at radius 3 is 2.57 bits per heavy atom. The fourth-order valence-corrected chi connectivity index (χ4v) is 7.10. The first-order valence-corrected chi connectivity index (χ1v) is 13.1. The van der Waals surface area contributed by atoms with E-state index in [0.29, 0.717) is 34.7 Å². The summed E-state index contributed by atoms with van der Waals surface area (Å²) in [6, 6.07) is 9.03. The molecule has 0 saturated heterocycles. The summed E-state index contributed by atoms with van der Waals surface area (Å²) < 4.78 is 14.2. The molecule has 0 aromatic heterocycles. The third-order valence-corrected chi connectivity index (χ3v) is 9.38. The number of amidine groups is 1. The van der Waals surface area contributed by atoms with E-state index < -0.39 is 11.9 Å². The lowest BCUT2D eigenvalue weighted by Gasteiger charge is -2.30. The van der Waals surface area contributed by atoms with Crippen molar-refractivity contribution >= 4 is 46.5 Å². The van der Waals surface area contributed by atoms with Crippen molar-refractivity contribution in [2.24, 2.45) is 29.3 Å². The van der Waals surface area contributed by atoms with Gasteiger partial charge in [0.05, 0.1) is 22.7 Å². The van der Waals surface area contributed by atoms with E-state index in [4.69, 9.17) is 40.2 Å². The summed E-state index contributed by atoms with van der Waals surface area (Å²) in [5.74, 6) is 5.70. The number of fused-ring (bicyclic) bond motifs is 1. The normalized spacial score (nSPS) is 27.5. The Bertz CT molecular complexity index is 1140. The number of nitrogens with two attached hydrogens (primary N) is 2. The molecular weight excluding hydrogens is 508 g/mol. The number of aryl methyl sites for hydroxylation is 2. The third kappa shape index (κ3) is 5.42. The Labute approximate surface area is 219 Å². The van der Waals surface area contributed by atoms with Crippen molar-refractivity contribution in [3.05, 3.63) is 69.1 Å². The Balaban J connectivity index is 1.59. The van der Waals surface area contributed by atoms with Crippen molar-refractivity contribution in [1.82, 2.24) is 10.7 Å². The number of benzene rings is 2. The van der Waals surface area contributed by atoms with Crippen LogP contribution in [0.25, 0.3) is 5.70 Å². The van der Waals surface area contributed by atoms with Gasteiger partial charge < -0.3 is 21.6 Å². The predicted octanol–water partition coefficient (Wildman–Crippen LogP) is 4.58. The molecule has 0 radical (unpaired) electrons. The summed E-state index contributed by atoms with van der Waals surface area (Å²) in [4.78, 5) is 1.05. The van der Waals surface area contributed by atoms with E-state index in [9.17, 15) is 9.50 Å². The van der Waals surface area contributed by atoms with Crippen molar-refractivity contribution in [3.63, 3.8) is 0 Å². The molecular formula is C25H30Cl2FN5OS. The van der Waals surface area contributed by atoms with Crippen LogP contribution in [0.3, 0.4) is 0 Å². The topological polar surface area (TPSA) is 120 Å². The van der Waals surface area contributed by atoms with Crippen molar-refractivity contribution in [3.8, 4) is 0 Å². The zero-order valence-corrected chi connectivity index (χ0v) is 21.8. The zero-order chi connectivity index (χ0) is 25.4. The standard InChI is InChI=1S/C25H30Cl2FN5OS/c1-11-3-4-14(9-16(11)26)35-25-15(5-6-19(29)30)23(20-21(25)24(20)34)32-10-18(33-31)13-7-12(2)22(27)17(28)8-13/h3-4,7-10,15,20-21,23-25,32-34H,5-6,31H2,1-2H3,(H3,29,30)/b18-10-. The summed E-state index contributed by atoms with van der Waals surface area (Å²) in [6.07, 6.45) is 2.48. The molecule has 2 aromatic rings. The Hall–Kier alpha value is -1.97. The first kappa shape index (κ1) is 26.1. The number of halogens is 3. The maximum absolute atomic E-state index is 14.2. The highest BCUT2D eigenvalue weighted by molar-refractivity contribution is 8.00. The Morgan fingerprint density at radius 2 is 1.94 bits per heavy atom. The van der Waals surface area contributed by atoms with Crippen LogP contribution in [0, 0.1) is 42.8 Å². The largest absolute Gasteiger partial charge is 0.392 e. The minimum Gasteiger partial charge on any atom is -0.392 e. The van der Waals surface area contributed by atoms with Crippen LogP contribution in [0.15, 0.2) is 41.4 Å². The summed E-state index contributed by atoms with van der Waals surface area (Å²) >= 11 is 14.0. The number of rotatable bonds is 9. The van der Waals surface area contributed by atoms with Crippen LogP contribution in [0.2, 0.25) is 10.0 Å². The highest BCUT2D eigenvalue weighted by atomic mass is 35.5. The molecule has 2 aromatic carbocycles. The van der Waals surface area contributed by atoms with Gasteiger partial charge in [0.1, 0.15) is 5.82 Å². The molecule has 2 aliphatic rings. The van der Waals surface area contributed by atoms with Crippen LogP contribution < -0.4 is 22.3 Å². The van der Waals surface area contributed by atoms with Gasteiger partial charge in [0, 0.05) is 51.2 Å². The van der Waals surface area contributed by atoms with Crippen LogP contribution in [-0.4, -0.2) is 28.3 Å². The number of hydrogen-bond donors (Lipinski definition) is 6. The third-order valence-electron chi connectivity index (χ3n) is 7.03.